The maximum Gasteiger partial charge on any atom is 0.338 e. The fourth-order valence-electron chi connectivity index (χ4n) is 6.24. The first-order chi connectivity index (χ1) is 23.7. The number of aromatic nitrogens is 1. The molecule has 1 amide bonds. The van der Waals surface area contributed by atoms with Crippen molar-refractivity contribution in [1.82, 2.24) is 4.57 Å². The average Bonchev–Trinajstić information content (AvgIpc) is 3.57. The van der Waals surface area contributed by atoms with Crippen molar-refractivity contribution in [3.05, 3.63) is 156 Å². The third-order valence-corrected chi connectivity index (χ3v) is 9.63. The molecule has 10 heteroatoms. The number of anilines is 1. The minimum Gasteiger partial charge on any atom is -0.491 e. The van der Waals surface area contributed by atoms with E-state index < -0.39 is 17.6 Å². The first kappa shape index (κ1) is 32.3. The summed E-state index contributed by atoms with van der Waals surface area (Å²) in [6.07, 6.45) is -0.0317. The Morgan fingerprint density at radius 2 is 1.61 bits per heavy atom. The number of halogens is 1. The number of esters is 1. The lowest BCUT2D eigenvalue weighted by atomic mass is 9.93. The van der Waals surface area contributed by atoms with Crippen LogP contribution in [0.3, 0.4) is 0 Å². The molecule has 4 aromatic carbocycles. The average molecular weight is 690 g/mol. The highest BCUT2D eigenvalue weighted by atomic mass is 35.5. The standard InChI is InChI=1S/C39H32ClN3O5S/c1-4-47-38(46)32-33(25-10-6-5-7-11-25)41-39-43(34(32)26-16-20-28(21-17-26)48-23(2)3)37(45)35(49-39)31-29-12-8-9-13-30(29)42(36(31)44)22-24-14-18-27(40)19-15-24/h5-21,23,34H,4,22H2,1-3H3/b35-31-/t34-/m0/s1. The minimum absolute atomic E-state index is 0.0317. The van der Waals surface area contributed by atoms with Crippen molar-refractivity contribution >= 4 is 51.8 Å². The Hall–Kier alpha value is -5.25. The van der Waals surface area contributed by atoms with Gasteiger partial charge in [0.05, 0.1) is 47.8 Å². The number of hydrogen-bond donors (Lipinski definition) is 0. The summed E-state index contributed by atoms with van der Waals surface area (Å²) in [4.78, 5) is 49.9. The molecule has 0 radical (unpaired) electrons. The number of ether oxygens (including phenoxy) is 2. The second-order valence-corrected chi connectivity index (χ2v) is 13.3. The van der Waals surface area contributed by atoms with Crippen LogP contribution in [0.4, 0.5) is 5.69 Å². The lowest BCUT2D eigenvalue weighted by Crippen LogP contribution is -2.41. The third-order valence-electron chi connectivity index (χ3n) is 8.32. The monoisotopic (exact) mass is 689 g/mol. The summed E-state index contributed by atoms with van der Waals surface area (Å²) in [6.45, 7) is 6.07. The smallest absolute Gasteiger partial charge is 0.338 e. The molecule has 8 nitrogen and oxygen atoms in total. The Balaban J connectivity index is 1.47. The largest absolute Gasteiger partial charge is 0.491 e. The van der Waals surface area contributed by atoms with E-state index in [0.29, 0.717) is 55.8 Å². The second-order valence-electron chi connectivity index (χ2n) is 11.9. The molecule has 2 aliphatic rings. The van der Waals surface area contributed by atoms with Gasteiger partial charge in [-0.15, -0.1) is 0 Å². The van der Waals surface area contributed by atoms with Crippen molar-refractivity contribution in [2.75, 3.05) is 11.5 Å². The Morgan fingerprint density at radius 1 is 0.918 bits per heavy atom. The van der Waals surface area contributed by atoms with E-state index >= 15 is 0 Å². The fraction of sp³-hybridized carbons (Fsp3) is 0.179. The van der Waals surface area contributed by atoms with Crippen LogP contribution in [0.2, 0.25) is 5.02 Å². The molecule has 0 bridgehead atoms. The SMILES string of the molecule is CCOC(=O)C1=C(c2ccccc2)N=c2s/c(=C3\C(=O)N(Cc4ccc(Cl)cc4)c4ccccc43)c(=O)n2[C@H]1c1ccc(OC(C)C)cc1. The van der Waals surface area contributed by atoms with Crippen molar-refractivity contribution in [3.8, 4) is 5.75 Å². The van der Waals surface area contributed by atoms with E-state index in [2.05, 4.69) is 0 Å². The Morgan fingerprint density at radius 3 is 2.31 bits per heavy atom. The van der Waals surface area contributed by atoms with Crippen molar-refractivity contribution in [3.63, 3.8) is 0 Å². The van der Waals surface area contributed by atoms with Crippen LogP contribution in [0.15, 0.2) is 118 Å². The van der Waals surface area contributed by atoms with Crippen molar-refractivity contribution < 1.29 is 19.1 Å². The summed E-state index contributed by atoms with van der Waals surface area (Å²) < 4.78 is 13.2. The van der Waals surface area contributed by atoms with Gasteiger partial charge in [-0.2, -0.15) is 0 Å². The van der Waals surface area contributed by atoms with Crippen LogP contribution in [0.5, 0.6) is 5.75 Å². The van der Waals surface area contributed by atoms with Gasteiger partial charge in [0.25, 0.3) is 11.5 Å². The van der Waals surface area contributed by atoms with Crippen LogP contribution in [0.1, 0.15) is 49.1 Å². The molecular weight excluding hydrogens is 658 g/mol. The molecule has 0 saturated heterocycles. The molecule has 7 rings (SSSR count). The van der Waals surface area contributed by atoms with Gasteiger partial charge in [-0.1, -0.05) is 95.7 Å². The van der Waals surface area contributed by atoms with Gasteiger partial charge < -0.3 is 14.4 Å². The van der Waals surface area contributed by atoms with E-state index in [-0.39, 0.29) is 28.7 Å². The molecule has 49 heavy (non-hydrogen) atoms. The number of para-hydroxylation sites is 1. The number of thiazole rings is 1. The molecule has 2 aliphatic heterocycles. The van der Waals surface area contributed by atoms with Crippen LogP contribution in [0, 0.1) is 0 Å². The zero-order valence-electron chi connectivity index (χ0n) is 27.1. The van der Waals surface area contributed by atoms with Gasteiger partial charge in [-0.05, 0) is 62.2 Å². The molecule has 1 atom stereocenters. The number of carbonyl (C=O) groups excluding carboxylic acids is 2. The topological polar surface area (TPSA) is 90.2 Å². The molecule has 5 aromatic rings. The number of hydrogen-bond acceptors (Lipinski definition) is 7. The van der Waals surface area contributed by atoms with Crippen molar-refractivity contribution in [1.29, 1.82) is 0 Å². The lowest BCUT2D eigenvalue weighted by molar-refractivity contribution is -0.138. The Bertz CT molecular complexity index is 2290. The summed E-state index contributed by atoms with van der Waals surface area (Å²) in [5.41, 5.74) is 4.15. The maximum atomic E-state index is 14.7. The molecule has 0 aliphatic carbocycles. The zero-order chi connectivity index (χ0) is 34.2. The number of rotatable bonds is 8. The molecule has 0 spiro atoms. The first-order valence-electron chi connectivity index (χ1n) is 16.0. The van der Waals surface area contributed by atoms with Gasteiger partial charge in [0.15, 0.2) is 4.80 Å². The number of fused-ring (bicyclic) bond motifs is 2. The van der Waals surface area contributed by atoms with Crippen LogP contribution in [0.25, 0.3) is 11.3 Å². The summed E-state index contributed by atoms with van der Waals surface area (Å²) in [5.74, 6) is -0.208. The van der Waals surface area contributed by atoms with Gasteiger partial charge in [0.1, 0.15) is 10.3 Å². The highest BCUT2D eigenvalue weighted by Crippen LogP contribution is 2.38. The minimum atomic E-state index is -0.884. The molecule has 3 heterocycles. The molecule has 0 unspecified atom stereocenters. The highest BCUT2D eigenvalue weighted by molar-refractivity contribution is 7.07. The number of carbonyl (C=O) groups is 2. The third kappa shape index (κ3) is 6.00. The van der Waals surface area contributed by atoms with E-state index in [1.54, 1.807) is 24.0 Å². The summed E-state index contributed by atoms with van der Waals surface area (Å²) in [7, 11) is 0. The van der Waals surface area contributed by atoms with Crippen molar-refractivity contribution in [2.45, 2.75) is 39.5 Å². The molecular formula is C39H32ClN3O5S. The predicted molar refractivity (Wildman–Crippen MR) is 191 cm³/mol. The molecule has 246 valence electrons. The number of amides is 1. The normalized spacial score (nSPS) is 16.4. The lowest BCUT2D eigenvalue weighted by Gasteiger charge is -2.26. The van der Waals surface area contributed by atoms with Crippen LogP contribution in [-0.2, 0) is 20.9 Å². The highest BCUT2D eigenvalue weighted by Gasteiger charge is 2.38. The van der Waals surface area contributed by atoms with E-state index in [1.807, 2.05) is 105 Å². The Kier molecular flexibility index (Phi) is 8.79. The molecule has 0 fully saturated rings. The Labute approximate surface area is 291 Å². The van der Waals surface area contributed by atoms with E-state index in [9.17, 15) is 14.4 Å². The predicted octanol–water partition coefficient (Wildman–Crippen LogP) is 6.29. The van der Waals surface area contributed by atoms with E-state index in [0.717, 1.165) is 16.9 Å². The van der Waals surface area contributed by atoms with E-state index in [1.165, 1.54) is 4.57 Å². The van der Waals surface area contributed by atoms with Gasteiger partial charge in [0.2, 0.25) is 0 Å². The quantitative estimate of drug-likeness (QED) is 0.179. The van der Waals surface area contributed by atoms with E-state index in [4.69, 9.17) is 26.1 Å². The van der Waals surface area contributed by atoms with Gasteiger partial charge >= 0.3 is 5.97 Å². The summed E-state index contributed by atoms with van der Waals surface area (Å²) in [5, 5.41) is 0.604. The van der Waals surface area contributed by atoms with Crippen LogP contribution in [-0.4, -0.2) is 29.2 Å². The second kappa shape index (κ2) is 13.3. The van der Waals surface area contributed by atoms with Gasteiger partial charge in [0, 0.05) is 16.1 Å². The van der Waals surface area contributed by atoms with Gasteiger partial charge in [-0.25, -0.2) is 9.79 Å². The van der Waals surface area contributed by atoms with Crippen molar-refractivity contribution in [2.24, 2.45) is 4.99 Å². The molecule has 0 N–H and O–H groups in total. The van der Waals surface area contributed by atoms with Crippen LogP contribution < -0.4 is 24.5 Å². The fourth-order valence-corrected chi connectivity index (χ4v) is 7.45. The number of benzene rings is 4. The zero-order valence-corrected chi connectivity index (χ0v) is 28.6. The summed E-state index contributed by atoms with van der Waals surface area (Å²) >= 11 is 7.26. The maximum absolute atomic E-state index is 14.7. The first-order valence-corrected chi connectivity index (χ1v) is 17.2. The number of nitrogens with zero attached hydrogens (tertiary/aromatic N) is 3. The summed E-state index contributed by atoms with van der Waals surface area (Å²) in [6, 6.07) is 30.6. The van der Waals surface area contributed by atoms with Gasteiger partial charge in [-0.3, -0.25) is 14.2 Å². The molecule has 0 saturated carbocycles. The van der Waals surface area contributed by atoms with Crippen LogP contribution >= 0.6 is 22.9 Å². The molecule has 1 aromatic heterocycles.